The standard InChI is InChI=1S/C8H10IN.BrH/c1-6(10)7-2-4-8(9)5-3-7;/h2-6H,10H2,1H3;1H. The molecule has 1 atom stereocenters. The van der Waals surface area contributed by atoms with Crippen molar-refractivity contribution < 1.29 is 0 Å². The Bertz CT molecular complexity index is 208. The topological polar surface area (TPSA) is 26.0 Å². The van der Waals surface area contributed by atoms with Gasteiger partial charge >= 0.3 is 0 Å². The van der Waals surface area contributed by atoms with E-state index in [1.165, 1.54) is 9.13 Å². The van der Waals surface area contributed by atoms with Crippen molar-refractivity contribution in [2.24, 2.45) is 5.73 Å². The molecule has 1 aromatic carbocycles. The SMILES string of the molecule is Br.CC(N)c1ccc(I)cc1. The predicted molar refractivity (Wildman–Crippen MR) is 62.1 cm³/mol. The second kappa shape index (κ2) is 5.11. The number of hydrogen-bond acceptors (Lipinski definition) is 1. The fourth-order valence-corrected chi connectivity index (χ4v) is 1.13. The second-order valence-corrected chi connectivity index (χ2v) is 3.59. The van der Waals surface area contributed by atoms with Crippen LogP contribution in [-0.2, 0) is 0 Å². The minimum atomic E-state index is 0. The molecule has 0 bridgehead atoms. The molecule has 0 spiro atoms. The third kappa shape index (κ3) is 3.53. The number of nitrogens with two attached hydrogens (primary N) is 1. The van der Waals surface area contributed by atoms with Crippen LogP contribution in [0.25, 0.3) is 0 Å². The van der Waals surface area contributed by atoms with Crippen molar-refractivity contribution in [3.8, 4) is 0 Å². The molecule has 0 aliphatic rings. The molecule has 62 valence electrons. The highest BCUT2D eigenvalue weighted by Crippen LogP contribution is 2.11. The zero-order chi connectivity index (χ0) is 7.56. The van der Waals surface area contributed by atoms with E-state index in [-0.39, 0.29) is 23.0 Å². The first-order chi connectivity index (χ1) is 4.70. The lowest BCUT2D eigenvalue weighted by atomic mass is 10.1. The van der Waals surface area contributed by atoms with E-state index in [9.17, 15) is 0 Å². The van der Waals surface area contributed by atoms with Crippen LogP contribution < -0.4 is 5.73 Å². The summed E-state index contributed by atoms with van der Waals surface area (Å²) in [7, 11) is 0. The molecule has 0 amide bonds. The van der Waals surface area contributed by atoms with E-state index in [2.05, 4.69) is 46.9 Å². The highest BCUT2D eigenvalue weighted by molar-refractivity contribution is 14.1. The van der Waals surface area contributed by atoms with Crippen LogP contribution in [0.4, 0.5) is 0 Å². The Morgan fingerprint density at radius 3 is 2.09 bits per heavy atom. The molecule has 0 heterocycles. The summed E-state index contributed by atoms with van der Waals surface area (Å²) in [5, 5.41) is 0. The van der Waals surface area contributed by atoms with E-state index >= 15 is 0 Å². The van der Waals surface area contributed by atoms with E-state index < -0.39 is 0 Å². The Hall–Kier alpha value is 0.390. The van der Waals surface area contributed by atoms with Crippen molar-refractivity contribution in [1.29, 1.82) is 0 Å². The normalized spacial score (nSPS) is 11.9. The summed E-state index contributed by atoms with van der Waals surface area (Å²) in [5.41, 5.74) is 6.86. The first kappa shape index (κ1) is 11.4. The van der Waals surface area contributed by atoms with Gasteiger partial charge in [-0.15, -0.1) is 17.0 Å². The lowest BCUT2D eigenvalue weighted by Crippen LogP contribution is -2.04. The van der Waals surface area contributed by atoms with Gasteiger partial charge in [0.25, 0.3) is 0 Å². The molecule has 2 N–H and O–H groups in total. The Kier molecular flexibility index (Phi) is 5.29. The first-order valence-corrected chi connectivity index (χ1v) is 4.29. The maximum atomic E-state index is 5.66. The van der Waals surface area contributed by atoms with E-state index in [1.54, 1.807) is 0 Å². The van der Waals surface area contributed by atoms with Crippen molar-refractivity contribution in [2.45, 2.75) is 13.0 Å². The highest BCUT2D eigenvalue weighted by atomic mass is 127. The van der Waals surface area contributed by atoms with Crippen LogP contribution in [-0.4, -0.2) is 0 Å². The van der Waals surface area contributed by atoms with Gasteiger partial charge in [0.05, 0.1) is 0 Å². The first-order valence-electron chi connectivity index (χ1n) is 3.21. The second-order valence-electron chi connectivity index (χ2n) is 2.34. The summed E-state index contributed by atoms with van der Waals surface area (Å²) in [6.45, 7) is 1.99. The quantitative estimate of drug-likeness (QED) is 0.789. The van der Waals surface area contributed by atoms with Crippen LogP contribution in [0, 0.1) is 3.57 Å². The molecule has 1 aromatic rings. The molecule has 0 saturated heterocycles. The maximum absolute atomic E-state index is 5.66. The summed E-state index contributed by atoms with van der Waals surface area (Å²) in [6, 6.07) is 8.41. The molecule has 0 radical (unpaired) electrons. The maximum Gasteiger partial charge on any atom is 0.0266 e. The molecule has 1 unspecified atom stereocenters. The van der Waals surface area contributed by atoms with Gasteiger partial charge in [-0.2, -0.15) is 0 Å². The van der Waals surface area contributed by atoms with Crippen molar-refractivity contribution in [1.82, 2.24) is 0 Å². The molecule has 0 fully saturated rings. The third-order valence-electron chi connectivity index (χ3n) is 1.40. The lowest BCUT2D eigenvalue weighted by Gasteiger charge is -2.03. The highest BCUT2D eigenvalue weighted by Gasteiger charge is 1.96. The molecule has 1 nitrogen and oxygen atoms in total. The Labute approximate surface area is 91.3 Å². The van der Waals surface area contributed by atoms with Gasteiger partial charge in [-0.3, -0.25) is 0 Å². The summed E-state index contributed by atoms with van der Waals surface area (Å²) >= 11 is 2.28. The van der Waals surface area contributed by atoms with Crippen molar-refractivity contribution in [3.05, 3.63) is 33.4 Å². The van der Waals surface area contributed by atoms with Gasteiger partial charge in [-0.1, -0.05) is 12.1 Å². The van der Waals surface area contributed by atoms with Crippen LogP contribution in [0.15, 0.2) is 24.3 Å². The summed E-state index contributed by atoms with van der Waals surface area (Å²) in [5.74, 6) is 0. The van der Waals surface area contributed by atoms with Crippen molar-refractivity contribution in [3.63, 3.8) is 0 Å². The third-order valence-corrected chi connectivity index (χ3v) is 2.11. The molecule has 1 rings (SSSR count). The minimum absolute atomic E-state index is 0. The zero-order valence-corrected chi connectivity index (χ0v) is 10.1. The van der Waals surface area contributed by atoms with Gasteiger partial charge in [0.2, 0.25) is 0 Å². The fraction of sp³-hybridized carbons (Fsp3) is 0.250. The number of rotatable bonds is 1. The molecule has 0 aliphatic carbocycles. The van der Waals surface area contributed by atoms with Crippen LogP contribution in [0.2, 0.25) is 0 Å². The average Bonchev–Trinajstić information content (AvgIpc) is 1.88. The van der Waals surface area contributed by atoms with Crippen LogP contribution in [0.1, 0.15) is 18.5 Å². The van der Waals surface area contributed by atoms with Crippen LogP contribution in [0.5, 0.6) is 0 Å². The molecule has 3 heteroatoms. The largest absolute Gasteiger partial charge is 0.324 e. The van der Waals surface area contributed by atoms with E-state index in [1.807, 2.05) is 6.92 Å². The smallest absolute Gasteiger partial charge is 0.0266 e. The monoisotopic (exact) mass is 327 g/mol. The Morgan fingerprint density at radius 2 is 1.73 bits per heavy atom. The van der Waals surface area contributed by atoms with Crippen LogP contribution in [0.3, 0.4) is 0 Å². The van der Waals surface area contributed by atoms with Gasteiger partial charge in [0.1, 0.15) is 0 Å². The molecule has 11 heavy (non-hydrogen) atoms. The van der Waals surface area contributed by atoms with E-state index in [0.717, 1.165) is 0 Å². The average molecular weight is 328 g/mol. The Morgan fingerprint density at radius 1 is 1.27 bits per heavy atom. The van der Waals surface area contributed by atoms with Gasteiger partial charge < -0.3 is 5.73 Å². The van der Waals surface area contributed by atoms with Gasteiger partial charge in [-0.05, 0) is 47.2 Å². The molecular weight excluding hydrogens is 317 g/mol. The van der Waals surface area contributed by atoms with Crippen molar-refractivity contribution >= 4 is 39.6 Å². The number of hydrogen-bond donors (Lipinski definition) is 1. The van der Waals surface area contributed by atoms with Gasteiger partial charge in [-0.25, -0.2) is 0 Å². The van der Waals surface area contributed by atoms with E-state index in [0.29, 0.717) is 0 Å². The minimum Gasteiger partial charge on any atom is -0.324 e. The van der Waals surface area contributed by atoms with Crippen LogP contribution >= 0.6 is 39.6 Å². The summed E-state index contributed by atoms with van der Waals surface area (Å²) in [4.78, 5) is 0. The van der Waals surface area contributed by atoms with Crippen molar-refractivity contribution in [2.75, 3.05) is 0 Å². The van der Waals surface area contributed by atoms with Gasteiger partial charge in [0.15, 0.2) is 0 Å². The molecular formula is C8H11BrIN. The fourth-order valence-electron chi connectivity index (χ4n) is 0.766. The zero-order valence-electron chi connectivity index (χ0n) is 6.25. The summed E-state index contributed by atoms with van der Waals surface area (Å²) < 4.78 is 1.25. The predicted octanol–water partition coefficient (Wildman–Crippen LogP) is 2.89. The summed E-state index contributed by atoms with van der Waals surface area (Å²) in [6.07, 6.45) is 0. The molecule has 0 saturated carbocycles. The molecule has 0 aromatic heterocycles. The lowest BCUT2D eigenvalue weighted by molar-refractivity contribution is 0.818. The number of halogens is 2. The number of benzene rings is 1. The van der Waals surface area contributed by atoms with E-state index in [4.69, 9.17) is 5.73 Å². The molecule has 0 aliphatic heterocycles. The Balaban J connectivity index is 0.000001000. The van der Waals surface area contributed by atoms with Gasteiger partial charge in [0, 0.05) is 9.61 Å².